The highest BCUT2D eigenvalue weighted by molar-refractivity contribution is 6.40. The van der Waals surface area contributed by atoms with Crippen LogP contribution in [0.5, 0.6) is 0 Å². The van der Waals surface area contributed by atoms with Crippen LogP contribution in [0.4, 0.5) is 8.78 Å². The van der Waals surface area contributed by atoms with Crippen molar-refractivity contribution < 1.29 is 13.5 Å². The molecule has 1 saturated heterocycles. The number of amidine groups is 2. The number of nitrogens with zero attached hydrogens (tertiary/aromatic N) is 4. The van der Waals surface area contributed by atoms with Gasteiger partial charge < -0.3 is 21.1 Å². The minimum Gasteiger partial charge on any atom is -0.379 e. The lowest BCUT2D eigenvalue weighted by atomic mass is 9.93. The number of nitrogens with two attached hydrogens (primary N) is 3. The SMILES string of the molecule is C=C1CN(C2CO[C@H](c3cc(F)ccc3F)C(N)C2)CN=C(/C(N)=N/NN)N1C.CC. The Hall–Kier alpha value is -2.60. The molecule has 3 rings (SSSR count). The fourth-order valence-corrected chi connectivity index (χ4v) is 3.57. The summed E-state index contributed by atoms with van der Waals surface area (Å²) >= 11 is 0. The molecule has 11 heteroatoms. The summed E-state index contributed by atoms with van der Waals surface area (Å²) in [6.45, 7) is 9.19. The molecule has 31 heavy (non-hydrogen) atoms. The zero-order valence-electron chi connectivity index (χ0n) is 18.2. The van der Waals surface area contributed by atoms with E-state index in [1.54, 1.807) is 11.9 Å². The van der Waals surface area contributed by atoms with Gasteiger partial charge in [-0.25, -0.2) is 25.2 Å². The van der Waals surface area contributed by atoms with E-state index < -0.39 is 23.8 Å². The number of hydrazine groups is 1. The smallest absolute Gasteiger partial charge is 0.187 e. The molecular formula is C20H32F2N8O. The van der Waals surface area contributed by atoms with Crippen molar-refractivity contribution >= 4 is 11.7 Å². The van der Waals surface area contributed by atoms with Crippen LogP contribution >= 0.6 is 0 Å². The Morgan fingerprint density at radius 1 is 1.35 bits per heavy atom. The third kappa shape index (κ3) is 5.76. The van der Waals surface area contributed by atoms with Gasteiger partial charge in [-0.05, 0) is 24.6 Å². The third-order valence-corrected chi connectivity index (χ3v) is 5.18. The fourth-order valence-electron chi connectivity index (χ4n) is 3.57. The highest BCUT2D eigenvalue weighted by atomic mass is 19.1. The summed E-state index contributed by atoms with van der Waals surface area (Å²) in [7, 11) is 1.79. The number of benzene rings is 1. The van der Waals surface area contributed by atoms with E-state index in [1.807, 2.05) is 18.7 Å². The Labute approximate surface area is 181 Å². The molecule has 0 aromatic heterocycles. The van der Waals surface area contributed by atoms with E-state index in [0.717, 1.165) is 23.9 Å². The van der Waals surface area contributed by atoms with Crippen molar-refractivity contribution in [2.75, 3.05) is 26.9 Å². The molecule has 2 aliphatic heterocycles. The minimum atomic E-state index is -0.711. The van der Waals surface area contributed by atoms with Crippen molar-refractivity contribution in [2.45, 2.75) is 38.5 Å². The van der Waals surface area contributed by atoms with Gasteiger partial charge in [0, 0.05) is 36.9 Å². The van der Waals surface area contributed by atoms with Crippen LogP contribution < -0.4 is 22.8 Å². The average Bonchev–Trinajstić information content (AvgIpc) is 2.90. The number of nitrogens with one attached hydrogen (secondary N) is 1. The first kappa shape index (κ1) is 24.7. The molecule has 1 aromatic carbocycles. The van der Waals surface area contributed by atoms with Gasteiger partial charge in [0.2, 0.25) is 0 Å². The van der Waals surface area contributed by atoms with E-state index >= 15 is 0 Å². The second-order valence-electron chi connectivity index (χ2n) is 7.09. The van der Waals surface area contributed by atoms with Crippen LogP contribution in [0.2, 0.25) is 0 Å². The van der Waals surface area contributed by atoms with Crippen molar-refractivity contribution in [2.24, 2.45) is 27.4 Å². The summed E-state index contributed by atoms with van der Waals surface area (Å²) in [5, 5.41) is 3.76. The number of halogens is 2. The van der Waals surface area contributed by atoms with Crippen LogP contribution in [-0.2, 0) is 4.74 Å². The Balaban J connectivity index is 0.00000166. The first-order valence-corrected chi connectivity index (χ1v) is 10.1. The molecule has 7 N–H and O–H groups in total. The molecule has 1 aromatic rings. The van der Waals surface area contributed by atoms with E-state index in [2.05, 4.69) is 22.2 Å². The number of hydrazone groups is 1. The summed E-state index contributed by atoms with van der Waals surface area (Å²) in [5.74, 6) is 4.70. The first-order valence-electron chi connectivity index (χ1n) is 10.1. The summed E-state index contributed by atoms with van der Waals surface area (Å²) in [5.41, 5.74) is 15.2. The zero-order valence-corrected chi connectivity index (χ0v) is 18.2. The van der Waals surface area contributed by atoms with Crippen LogP contribution in [0.15, 0.2) is 40.6 Å². The van der Waals surface area contributed by atoms with Gasteiger partial charge in [0.15, 0.2) is 11.7 Å². The van der Waals surface area contributed by atoms with E-state index in [9.17, 15) is 8.78 Å². The molecule has 0 spiro atoms. The van der Waals surface area contributed by atoms with E-state index in [4.69, 9.17) is 22.0 Å². The number of ether oxygens (including phenoxy) is 1. The van der Waals surface area contributed by atoms with Crippen molar-refractivity contribution in [3.8, 4) is 0 Å². The van der Waals surface area contributed by atoms with Crippen LogP contribution in [0, 0.1) is 11.6 Å². The van der Waals surface area contributed by atoms with Crippen molar-refractivity contribution in [3.63, 3.8) is 0 Å². The largest absolute Gasteiger partial charge is 0.379 e. The normalized spacial score (nSPS) is 25.3. The molecule has 9 nitrogen and oxygen atoms in total. The first-order chi connectivity index (χ1) is 14.8. The molecule has 2 unspecified atom stereocenters. The lowest BCUT2D eigenvalue weighted by Crippen LogP contribution is -2.50. The summed E-state index contributed by atoms with van der Waals surface area (Å²) in [6, 6.07) is 2.71. The maximum absolute atomic E-state index is 14.1. The van der Waals surface area contributed by atoms with Gasteiger partial charge >= 0.3 is 0 Å². The van der Waals surface area contributed by atoms with Gasteiger partial charge in [-0.15, -0.1) is 5.10 Å². The van der Waals surface area contributed by atoms with Crippen molar-refractivity contribution in [1.29, 1.82) is 0 Å². The Morgan fingerprint density at radius 3 is 2.71 bits per heavy atom. The van der Waals surface area contributed by atoms with Gasteiger partial charge in [-0.3, -0.25) is 4.90 Å². The van der Waals surface area contributed by atoms with Crippen LogP contribution in [-0.4, -0.2) is 60.4 Å². The number of aliphatic imine (C=N–C) groups is 1. The molecule has 3 atom stereocenters. The summed E-state index contributed by atoms with van der Waals surface area (Å²) in [6.07, 6.45) is -0.187. The fraction of sp³-hybridized carbons (Fsp3) is 0.500. The Bertz CT molecular complexity index is 831. The summed E-state index contributed by atoms with van der Waals surface area (Å²) < 4.78 is 33.5. The maximum Gasteiger partial charge on any atom is 0.187 e. The van der Waals surface area contributed by atoms with Crippen LogP contribution in [0.25, 0.3) is 0 Å². The monoisotopic (exact) mass is 438 g/mol. The maximum atomic E-state index is 14.1. The number of rotatable bonds is 4. The Morgan fingerprint density at radius 2 is 2.06 bits per heavy atom. The molecule has 0 radical (unpaired) electrons. The third-order valence-electron chi connectivity index (χ3n) is 5.18. The van der Waals surface area contributed by atoms with Crippen LogP contribution in [0.1, 0.15) is 31.9 Å². The van der Waals surface area contributed by atoms with Gasteiger partial charge in [0.25, 0.3) is 0 Å². The highest BCUT2D eigenvalue weighted by Crippen LogP contribution is 2.31. The lowest BCUT2D eigenvalue weighted by Gasteiger charge is -2.39. The predicted octanol–water partition coefficient (Wildman–Crippen LogP) is 1.00. The van der Waals surface area contributed by atoms with Crippen molar-refractivity contribution in [3.05, 3.63) is 47.7 Å². The number of likely N-dealkylation sites (N-methyl/N-ethyl adjacent to an activating group) is 1. The molecule has 0 saturated carbocycles. The second-order valence-corrected chi connectivity index (χ2v) is 7.09. The second kappa shape index (κ2) is 11.1. The zero-order chi connectivity index (χ0) is 23.1. The molecule has 0 bridgehead atoms. The van der Waals surface area contributed by atoms with Crippen molar-refractivity contribution in [1.82, 2.24) is 15.3 Å². The van der Waals surface area contributed by atoms with E-state index in [-0.39, 0.29) is 17.4 Å². The van der Waals surface area contributed by atoms with Gasteiger partial charge in [0.05, 0.1) is 13.3 Å². The lowest BCUT2D eigenvalue weighted by molar-refractivity contribution is -0.0494. The minimum absolute atomic E-state index is 0.0723. The Kier molecular flexibility index (Phi) is 8.87. The average molecular weight is 439 g/mol. The molecular weight excluding hydrogens is 406 g/mol. The highest BCUT2D eigenvalue weighted by Gasteiger charge is 2.35. The number of hydrogen-bond donors (Lipinski definition) is 4. The molecule has 0 amide bonds. The molecule has 172 valence electrons. The molecule has 1 fully saturated rings. The topological polar surface area (TPSA) is 131 Å². The quantitative estimate of drug-likeness (QED) is 0.239. The van der Waals surface area contributed by atoms with E-state index in [1.165, 1.54) is 0 Å². The standard InChI is InChI=1S/C18H26F2N8O.C2H6/c1-10-7-28(9-24-18(27(10)2)17(22)25-26-23)12-6-15(21)16(29-8-12)13-5-11(19)3-4-14(13)20;1-2/h3-5,12,15-16,26H,1,6-9,21,23H2,2H3,(H2,22,25);1-2H3/t12?,15?,16-;/m1./s1. The molecule has 2 heterocycles. The van der Waals surface area contributed by atoms with Gasteiger partial charge in [-0.1, -0.05) is 20.4 Å². The summed E-state index contributed by atoms with van der Waals surface area (Å²) in [4.78, 5) is 8.30. The van der Waals surface area contributed by atoms with Gasteiger partial charge in [-0.2, -0.15) is 0 Å². The molecule has 0 aliphatic carbocycles. The van der Waals surface area contributed by atoms with Gasteiger partial charge in [0.1, 0.15) is 17.7 Å². The number of hydrogen-bond acceptors (Lipinski definition) is 8. The van der Waals surface area contributed by atoms with E-state index in [0.29, 0.717) is 32.1 Å². The van der Waals surface area contributed by atoms with Crippen LogP contribution in [0.3, 0.4) is 0 Å². The molecule has 2 aliphatic rings. The predicted molar refractivity (Wildman–Crippen MR) is 118 cm³/mol.